The number of methoxy groups -OCH3 is 1. The Morgan fingerprint density at radius 2 is 2.35 bits per heavy atom. The molecule has 1 aliphatic heterocycles. The van der Waals surface area contributed by atoms with E-state index in [-0.39, 0.29) is 11.9 Å². The number of aryl methyl sites for hydroxylation is 1. The number of ketones is 1. The second-order valence-electron chi connectivity index (χ2n) is 5.40. The maximum atomic E-state index is 11.4. The van der Waals surface area contributed by atoms with E-state index in [2.05, 4.69) is 4.90 Å². The highest BCUT2D eigenvalue weighted by atomic mass is 16.5. The molecule has 5 nitrogen and oxygen atoms in total. The molecular weight excluding hydrogens is 256 g/mol. The summed E-state index contributed by atoms with van der Waals surface area (Å²) < 4.78 is 12.9. The van der Waals surface area contributed by atoms with Gasteiger partial charge in [0, 0.05) is 57.9 Å². The largest absolute Gasteiger partial charge is 0.385 e. The topological polar surface area (TPSA) is 43.7 Å². The van der Waals surface area contributed by atoms with Crippen molar-refractivity contribution in [2.75, 3.05) is 33.4 Å². The van der Waals surface area contributed by atoms with E-state index < -0.39 is 0 Å². The first-order chi connectivity index (χ1) is 9.60. The maximum Gasteiger partial charge on any atom is 0.161 e. The monoisotopic (exact) mass is 280 g/mol. The molecule has 0 bridgehead atoms. The quantitative estimate of drug-likeness (QED) is 0.740. The molecule has 1 atom stereocenters. The van der Waals surface area contributed by atoms with E-state index >= 15 is 0 Å². The Kier molecular flexibility index (Phi) is 5.34. The molecule has 2 rings (SSSR count). The van der Waals surface area contributed by atoms with Crippen LogP contribution < -0.4 is 0 Å². The Morgan fingerprint density at radius 3 is 3.00 bits per heavy atom. The van der Waals surface area contributed by atoms with Gasteiger partial charge in [0.05, 0.1) is 12.7 Å². The van der Waals surface area contributed by atoms with Crippen LogP contribution in [0.15, 0.2) is 12.3 Å². The Labute approximate surface area is 120 Å². The van der Waals surface area contributed by atoms with Gasteiger partial charge >= 0.3 is 0 Å². The number of Topliss-reactive ketones (excluding diaryl/α,β-unsaturated/α-hetero) is 1. The fourth-order valence-corrected chi connectivity index (χ4v) is 2.54. The molecule has 0 radical (unpaired) electrons. The smallest absolute Gasteiger partial charge is 0.161 e. The lowest BCUT2D eigenvalue weighted by molar-refractivity contribution is -0.0437. The van der Waals surface area contributed by atoms with E-state index in [1.807, 2.05) is 23.9 Å². The molecule has 0 saturated carbocycles. The Bertz CT molecular complexity index is 456. The van der Waals surface area contributed by atoms with Crippen molar-refractivity contribution in [2.45, 2.75) is 26.0 Å². The van der Waals surface area contributed by atoms with E-state index in [9.17, 15) is 4.79 Å². The van der Waals surface area contributed by atoms with E-state index in [1.165, 1.54) is 5.69 Å². The summed E-state index contributed by atoms with van der Waals surface area (Å²) in [4.78, 5) is 13.8. The molecule has 0 aromatic carbocycles. The zero-order valence-electron chi connectivity index (χ0n) is 12.6. The van der Waals surface area contributed by atoms with Crippen molar-refractivity contribution < 1.29 is 14.3 Å². The van der Waals surface area contributed by atoms with Crippen LogP contribution in [0, 0.1) is 0 Å². The van der Waals surface area contributed by atoms with Crippen molar-refractivity contribution in [3.8, 4) is 0 Å². The zero-order valence-corrected chi connectivity index (χ0v) is 12.6. The van der Waals surface area contributed by atoms with Gasteiger partial charge in [0.1, 0.15) is 0 Å². The molecule has 1 aliphatic rings. The van der Waals surface area contributed by atoms with Crippen LogP contribution in [0.5, 0.6) is 0 Å². The fraction of sp³-hybridized carbons (Fsp3) is 0.667. The molecule has 1 aromatic heterocycles. The standard InChI is InChI=1S/C15H24N2O3/c1-12(18)13-8-14(16(2)9-13)10-17-5-7-20-15(11-17)4-6-19-3/h8-9,15H,4-7,10-11H2,1-3H3. The molecule has 5 heteroatoms. The summed E-state index contributed by atoms with van der Waals surface area (Å²) >= 11 is 0. The summed E-state index contributed by atoms with van der Waals surface area (Å²) in [6.45, 7) is 5.81. The van der Waals surface area contributed by atoms with Crippen molar-refractivity contribution in [1.82, 2.24) is 9.47 Å². The average molecular weight is 280 g/mol. The SMILES string of the molecule is COCCC1CN(Cc2cc(C(C)=O)cn2C)CCO1. The summed E-state index contributed by atoms with van der Waals surface area (Å²) in [5.74, 6) is 0.117. The molecule has 0 N–H and O–H groups in total. The normalized spacial score (nSPS) is 20.2. The van der Waals surface area contributed by atoms with Gasteiger partial charge < -0.3 is 14.0 Å². The first-order valence-electron chi connectivity index (χ1n) is 7.09. The number of hydrogen-bond donors (Lipinski definition) is 0. The molecule has 0 aliphatic carbocycles. The predicted molar refractivity (Wildman–Crippen MR) is 76.9 cm³/mol. The van der Waals surface area contributed by atoms with Crippen LogP contribution in [-0.4, -0.2) is 54.8 Å². The van der Waals surface area contributed by atoms with Crippen molar-refractivity contribution in [1.29, 1.82) is 0 Å². The van der Waals surface area contributed by atoms with Crippen LogP contribution in [0.2, 0.25) is 0 Å². The molecule has 1 fully saturated rings. The van der Waals surface area contributed by atoms with Gasteiger partial charge in [-0.3, -0.25) is 9.69 Å². The van der Waals surface area contributed by atoms with Gasteiger partial charge in [0.15, 0.2) is 5.78 Å². The van der Waals surface area contributed by atoms with Crippen molar-refractivity contribution >= 4 is 5.78 Å². The first-order valence-corrected chi connectivity index (χ1v) is 7.09. The second-order valence-corrected chi connectivity index (χ2v) is 5.40. The summed E-state index contributed by atoms with van der Waals surface area (Å²) in [5.41, 5.74) is 1.95. The number of aromatic nitrogens is 1. The van der Waals surface area contributed by atoms with Crippen molar-refractivity contribution in [2.24, 2.45) is 7.05 Å². The molecule has 20 heavy (non-hydrogen) atoms. The third-order valence-electron chi connectivity index (χ3n) is 3.77. The number of nitrogens with zero attached hydrogens (tertiary/aromatic N) is 2. The highest BCUT2D eigenvalue weighted by Crippen LogP contribution is 2.15. The first kappa shape index (κ1) is 15.2. The van der Waals surface area contributed by atoms with E-state index in [0.717, 1.165) is 44.8 Å². The molecule has 1 saturated heterocycles. The zero-order chi connectivity index (χ0) is 14.5. The molecule has 112 valence electrons. The number of ether oxygens (including phenoxy) is 2. The Morgan fingerprint density at radius 1 is 1.55 bits per heavy atom. The maximum absolute atomic E-state index is 11.4. The van der Waals surface area contributed by atoms with Gasteiger partial charge in [0.2, 0.25) is 0 Å². The van der Waals surface area contributed by atoms with Gasteiger partial charge in [-0.2, -0.15) is 0 Å². The number of hydrogen-bond acceptors (Lipinski definition) is 4. The van der Waals surface area contributed by atoms with Gasteiger partial charge in [0.25, 0.3) is 0 Å². The average Bonchev–Trinajstić information content (AvgIpc) is 2.79. The predicted octanol–water partition coefficient (Wildman–Crippen LogP) is 1.46. The Balaban J connectivity index is 1.93. The van der Waals surface area contributed by atoms with Gasteiger partial charge in [-0.05, 0) is 19.4 Å². The molecule has 2 heterocycles. The van der Waals surface area contributed by atoms with E-state index in [0.29, 0.717) is 0 Å². The minimum absolute atomic E-state index is 0.117. The van der Waals surface area contributed by atoms with Gasteiger partial charge in [-0.1, -0.05) is 0 Å². The molecule has 1 aromatic rings. The van der Waals surface area contributed by atoms with Crippen LogP contribution in [0.1, 0.15) is 29.4 Å². The fourth-order valence-electron chi connectivity index (χ4n) is 2.54. The van der Waals surface area contributed by atoms with Gasteiger partial charge in [-0.25, -0.2) is 0 Å². The minimum atomic E-state index is 0.117. The number of carbonyl (C=O) groups is 1. The van der Waals surface area contributed by atoms with Crippen LogP contribution in [0.25, 0.3) is 0 Å². The molecule has 1 unspecified atom stereocenters. The second kappa shape index (κ2) is 7.02. The summed E-state index contributed by atoms with van der Waals surface area (Å²) in [6.07, 6.45) is 3.08. The molecule has 0 spiro atoms. The lowest BCUT2D eigenvalue weighted by Gasteiger charge is -2.32. The van der Waals surface area contributed by atoms with Crippen molar-refractivity contribution in [3.63, 3.8) is 0 Å². The number of rotatable bonds is 6. The third kappa shape index (κ3) is 3.91. The Hall–Kier alpha value is -1.17. The highest BCUT2D eigenvalue weighted by molar-refractivity contribution is 5.94. The summed E-state index contributed by atoms with van der Waals surface area (Å²) in [6, 6.07) is 1.99. The molecule has 0 amide bonds. The lowest BCUT2D eigenvalue weighted by atomic mass is 10.2. The van der Waals surface area contributed by atoms with Crippen molar-refractivity contribution in [3.05, 3.63) is 23.5 Å². The minimum Gasteiger partial charge on any atom is -0.385 e. The van der Waals surface area contributed by atoms with Crippen LogP contribution in [-0.2, 0) is 23.1 Å². The summed E-state index contributed by atoms with van der Waals surface area (Å²) in [5, 5.41) is 0. The van der Waals surface area contributed by atoms with E-state index in [1.54, 1.807) is 14.0 Å². The third-order valence-corrected chi connectivity index (χ3v) is 3.77. The number of morpholine rings is 1. The van der Waals surface area contributed by atoms with E-state index in [4.69, 9.17) is 9.47 Å². The summed E-state index contributed by atoms with van der Waals surface area (Å²) in [7, 11) is 3.71. The lowest BCUT2D eigenvalue weighted by Crippen LogP contribution is -2.42. The molecular formula is C15H24N2O3. The highest BCUT2D eigenvalue weighted by Gasteiger charge is 2.21. The number of carbonyl (C=O) groups excluding carboxylic acids is 1. The van der Waals surface area contributed by atoms with Gasteiger partial charge in [-0.15, -0.1) is 0 Å². The van der Waals surface area contributed by atoms with Crippen LogP contribution in [0.3, 0.4) is 0 Å². The van der Waals surface area contributed by atoms with Crippen LogP contribution >= 0.6 is 0 Å². The van der Waals surface area contributed by atoms with Crippen LogP contribution in [0.4, 0.5) is 0 Å².